The fourth-order valence-corrected chi connectivity index (χ4v) is 2.06. The van der Waals surface area contributed by atoms with Gasteiger partial charge in [0.1, 0.15) is 0 Å². The molecule has 0 saturated carbocycles. The summed E-state index contributed by atoms with van der Waals surface area (Å²) in [5.41, 5.74) is 7.14. The van der Waals surface area contributed by atoms with Gasteiger partial charge in [-0.05, 0) is 24.8 Å². The van der Waals surface area contributed by atoms with Gasteiger partial charge < -0.3 is 10.6 Å². The van der Waals surface area contributed by atoms with Crippen molar-refractivity contribution in [3.8, 4) is 0 Å². The summed E-state index contributed by atoms with van der Waals surface area (Å²) in [6, 6.07) is 9.52. The molecule has 0 saturated heterocycles. The number of hydrogen-bond acceptors (Lipinski definition) is 2. The van der Waals surface area contributed by atoms with Gasteiger partial charge in [-0.3, -0.25) is 4.79 Å². The van der Waals surface area contributed by atoms with Gasteiger partial charge >= 0.3 is 0 Å². The highest BCUT2D eigenvalue weighted by molar-refractivity contribution is 5.85. The van der Waals surface area contributed by atoms with Gasteiger partial charge in [0.25, 0.3) is 0 Å². The molecule has 0 bridgehead atoms. The number of rotatable bonds is 7. The average Bonchev–Trinajstić information content (AvgIpc) is 2.39. The molecule has 0 aliphatic rings. The summed E-state index contributed by atoms with van der Waals surface area (Å²) in [6.45, 7) is 5.77. The highest BCUT2D eigenvalue weighted by Crippen LogP contribution is 2.05. The fraction of sp³-hybridized carbons (Fsp3) is 0.533. The third-order valence-corrected chi connectivity index (χ3v) is 2.91. The first-order chi connectivity index (χ1) is 8.69. The quantitative estimate of drug-likeness (QED) is 0.837. The summed E-state index contributed by atoms with van der Waals surface area (Å²) in [5.74, 6) is 0.0718. The Labute approximate surface area is 122 Å². The molecule has 0 fully saturated rings. The zero-order chi connectivity index (χ0) is 13.4. The van der Waals surface area contributed by atoms with Crippen molar-refractivity contribution >= 4 is 18.3 Å². The third-order valence-electron chi connectivity index (χ3n) is 2.91. The van der Waals surface area contributed by atoms with Crippen LogP contribution in [0.4, 0.5) is 0 Å². The van der Waals surface area contributed by atoms with Crippen LogP contribution in [0.2, 0.25) is 0 Å². The lowest BCUT2D eigenvalue weighted by molar-refractivity contribution is -0.132. The van der Waals surface area contributed by atoms with Gasteiger partial charge in [-0.2, -0.15) is 0 Å². The minimum Gasteiger partial charge on any atom is -0.341 e. The minimum absolute atomic E-state index is 0. The second-order valence-electron chi connectivity index (χ2n) is 4.62. The number of halogens is 1. The zero-order valence-corrected chi connectivity index (χ0v) is 12.7. The van der Waals surface area contributed by atoms with Gasteiger partial charge in [-0.15, -0.1) is 12.4 Å². The van der Waals surface area contributed by atoms with E-state index in [0.717, 1.165) is 31.5 Å². The van der Waals surface area contributed by atoms with Crippen LogP contribution < -0.4 is 5.73 Å². The van der Waals surface area contributed by atoms with Gasteiger partial charge in [-0.25, -0.2) is 0 Å². The van der Waals surface area contributed by atoms with E-state index >= 15 is 0 Å². The van der Waals surface area contributed by atoms with Gasteiger partial charge in [0.2, 0.25) is 5.91 Å². The molecule has 0 radical (unpaired) electrons. The molecule has 2 N–H and O–H groups in total. The number of hydrogen-bond donors (Lipinski definition) is 1. The molecular weight excluding hydrogens is 260 g/mol. The highest BCUT2D eigenvalue weighted by atomic mass is 35.5. The van der Waals surface area contributed by atoms with E-state index in [4.69, 9.17) is 5.73 Å². The Morgan fingerprint density at radius 2 is 1.68 bits per heavy atom. The molecule has 0 heterocycles. The van der Waals surface area contributed by atoms with Gasteiger partial charge in [0.15, 0.2) is 0 Å². The van der Waals surface area contributed by atoms with Gasteiger partial charge in [-0.1, -0.05) is 44.2 Å². The van der Waals surface area contributed by atoms with Crippen molar-refractivity contribution in [2.24, 2.45) is 5.73 Å². The normalized spacial score (nSPS) is 11.5. The van der Waals surface area contributed by atoms with Crippen molar-refractivity contribution < 1.29 is 4.79 Å². The maximum atomic E-state index is 12.2. The number of benzene rings is 1. The molecule has 0 aliphatic heterocycles. The van der Waals surface area contributed by atoms with Crippen LogP contribution in [0.3, 0.4) is 0 Å². The molecule has 1 aromatic rings. The van der Waals surface area contributed by atoms with Crippen molar-refractivity contribution in [3.63, 3.8) is 0 Å². The first-order valence-corrected chi connectivity index (χ1v) is 6.77. The van der Waals surface area contributed by atoms with E-state index in [-0.39, 0.29) is 18.3 Å². The Hall–Kier alpha value is -1.06. The molecule has 1 atom stereocenters. The largest absolute Gasteiger partial charge is 0.341 e. The number of amides is 1. The molecule has 4 heteroatoms. The standard InChI is InChI=1S/C15H24N2O.ClH/c1-3-10-17(11-4-2)15(18)14(16)12-13-8-6-5-7-9-13;/h5-9,14H,3-4,10-12,16H2,1-2H3;1H. The molecule has 3 nitrogen and oxygen atoms in total. The molecule has 0 aliphatic carbocycles. The summed E-state index contributed by atoms with van der Waals surface area (Å²) in [6.07, 6.45) is 2.57. The van der Waals surface area contributed by atoms with E-state index < -0.39 is 6.04 Å². The van der Waals surface area contributed by atoms with E-state index in [1.807, 2.05) is 35.2 Å². The molecule has 1 amide bonds. The molecule has 1 rings (SSSR count). The van der Waals surface area contributed by atoms with Crippen LogP contribution in [-0.2, 0) is 11.2 Å². The molecule has 108 valence electrons. The average molecular weight is 285 g/mol. The Morgan fingerprint density at radius 3 is 2.16 bits per heavy atom. The number of carbonyl (C=O) groups is 1. The number of carbonyl (C=O) groups excluding carboxylic acids is 1. The summed E-state index contributed by atoms with van der Waals surface area (Å²) < 4.78 is 0. The first kappa shape index (κ1) is 17.9. The Morgan fingerprint density at radius 1 is 1.16 bits per heavy atom. The monoisotopic (exact) mass is 284 g/mol. The van der Waals surface area contributed by atoms with E-state index in [9.17, 15) is 4.79 Å². The predicted molar refractivity (Wildman–Crippen MR) is 82.5 cm³/mol. The minimum atomic E-state index is -0.425. The molecule has 1 aromatic carbocycles. The molecule has 0 spiro atoms. The van der Waals surface area contributed by atoms with Crippen molar-refractivity contribution in [2.75, 3.05) is 13.1 Å². The number of nitrogens with zero attached hydrogens (tertiary/aromatic N) is 1. The van der Waals surface area contributed by atoms with Crippen molar-refractivity contribution in [2.45, 2.75) is 39.2 Å². The smallest absolute Gasteiger partial charge is 0.239 e. The number of nitrogens with two attached hydrogens (primary N) is 1. The van der Waals surface area contributed by atoms with Crippen LogP contribution in [0.25, 0.3) is 0 Å². The van der Waals surface area contributed by atoms with Crippen LogP contribution in [-0.4, -0.2) is 29.9 Å². The van der Waals surface area contributed by atoms with E-state index in [2.05, 4.69) is 13.8 Å². The third kappa shape index (κ3) is 6.08. The van der Waals surface area contributed by atoms with Gasteiger partial charge in [0, 0.05) is 13.1 Å². The zero-order valence-electron chi connectivity index (χ0n) is 11.8. The van der Waals surface area contributed by atoms with Crippen LogP contribution >= 0.6 is 12.4 Å². The summed E-state index contributed by atoms with van der Waals surface area (Å²) >= 11 is 0. The van der Waals surface area contributed by atoms with E-state index in [1.165, 1.54) is 0 Å². The Balaban J connectivity index is 0.00000324. The van der Waals surface area contributed by atoms with E-state index in [1.54, 1.807) is 0 Å². The van der Waals surface area contributed by atoms with Gasteiger partial charge in [0.05, 0.1) is 6.04 Å². The van der Waals surface area contributed by atoms with Crippen molar-refractivity contribution in [1.82, 2.24) is 4.90 Å². The fourth-order valence-electron chi connectivity index (χ4n) is 2.06. The van der Waals surface area contributed by atoms with Crippen molar-refractivity contribution in [3.05, 3.63) is 35.9 Å². The molecular formula is C15H25ClN2O. The molecule has 0 aromatic heterocycles. The van der Waals surface area contributed by atoms with Crippen LogP contribution in [0.15, 0.2) is 30.3 Å². The van der Waals surface area contributed by atoms with Crippen LogP contribution in [0.1, 0.15) is 32.3 Å². The van der Waals surface area contributed by atoms with E-state index in [0.29, 0.717) is 6.42 Å². The molecule has 19 heavy (non-hydrogen) atoms. The second kappa shape index (κ2) is 9.82. The topological polar surface area (TPSA) is 46.3 Å². The Kier molecular flexibility index (Phi) is 9.27. The van der Waals surface area contributed by atoms with Crippen molar-refractivity contribution in [1.29, 1.82) is 0 Å². The maximum absolute atomic E-state index is 12.2. The first-order valence-electron chi connectivity index (χ1n) is 6.77. The maximum Gasteiger partial charge on any atom is 0.239 e. The Bertz CT molecular complexity index is 350. The highest BCUT2D eigenvalue weighted by Gasteiger charge is 2.19. The second-order valence-corrected chi connectivity index (χ2v) is 4.62. The molecule has 1 unspecified atom stereocenters. The SMILES string of the molecule is CCCN(CCC)C(=O)C(N)Cc1ccccc1.Cl. The summed E-state index contributed by atoms with van der Waals surface area (Å²) in [7, 11) is 0. The lowest BCUT2D eigenvalue weighted by atomic mass is 10.1. The summed E-state index contributed by atoms with van der Waals surface area (Å²) in [5, 5.41) is 0. The predicted octanol–water partition coefficient (Wildman–Crippen LogP) is 2.63. The van der Waals surface area contributed by atoms with Crippen LogP contribution in [0.5, 0.6) is 0 Å². The lowest BCUT2D eigenvalue weighted by Gasteiger charge is -2.25. The summed E-state index contributed by atoms with van der Waals surface area (Å²) in [4.78, 5) is 14.1. The lowest BCUT2D eigenvalue weighted by Crippen LogP contribution is -2.45. The van der Waals surface area contributed by atoms with Crippen LogP contribution in [0, 0.1) is 0 Å².